The van der Waals surface area contributed by atoms with Gasteiger partial charge < -0.3 is 9.47 Å². The number of thiazole rings is 2. The normalized spacial score (nSPS) is 10.8. The van der Waals surface area contributed by atoms with Gasteiger partial charge in [-0.25, -0.2) is 9.97 Å². The molecule has 28 heavy (non-hydrogen) atoms. The highest BCUT2D eigenvalue weighted by Gasteiger charge is 2.12. The van der Waals surface area contributed by atoms with Crippen LogP contribution in [-0.4, -0.2) is 23.2 Å². The van der Waals surface area contributed by atoms with E-state index in [9.17, 15) is 0 Å². The molecular formula is C22H20N2O2S2. The summed E-state index contributed by atoms with van der Waals surface area (Å²) in [6, 6.07) is 16.1. The van der Waals surface area contributed by atoms with Crippen LogP contribution in [0.15, 0.2) is 59.3 Å². The quantitative estimate of drug-likeness (QED) is 0.355. The van der Waals surface area contributed by atoms with Gasteiger partial charge in [0.05, 0.1) is 24.6 Å². The Bertz CT molecular complexity index is 951. The van der Waals surface area contributed by atoms with Crippen molar-refractivity contribution in [3.05, 3.63) is 59.3 Å². The molecule has 0 N–H and O–H groups in total. The standard InChI is InChI=1S/C22H20N2O2S2/c1-3-25-17-9-5-15(6-10-17)19-13-27-21(23-19)22-24-20(14-28-22)16-7-11-18(12-8-16)26-4-2/h5-14H,3-4H2,1-2H3. The van der Waals surface area contributed by atoms with E-state index in [4.69, 9.17) is 19.4 Å². The Balaban J connectivity index is 1.53. The first-order chi connectivity index (χ1) is 13.8. The molecule has 0 aliphatic carbocycles. The van der Waals surface area contributed by atoms with Crippen molar-refractivity contribution >= 4 is 22.7 Å². The Morgan fingerprint density at radius 1 is 0.643 bits per heavy atom. The number of ether oxygens (including phenoxy) is 2. The van der Waals surface area contributed by atoms with E-state index in [0.717, 1.165) is 44.0 Å². The first kappa shape index (κ1) is 18.7. The molecule has 0 aliphatic rings. The highest BCUT2D eigenvalue weighted by Crippen LogP contribution is 2.34. The Labute approximate surface area is 172 Å². The zero-order valence-electron chi connectivity index (χ0n) is 15.7. The summed E-state index contributed by atoms with van der Waals surface area (Å²) in [5.41, 5.74) is 4.07. The lowest BCUT2D eigenvalue weighted by molar-refractivity contribution is 0.340. The van der Waals surface area contributed by atoms with E-state index in [0.29, 0.717) is 13.2 Å². The number of benzene rings is 2. The minimum absolute atomic E-state index is 0.668. The Kier molecular flexibility index (Phi) is 5.69. The summed E-state index contributed by atoms with van der Waals surface area (Å²) in [7, 11) is 0. The van der Waals surface area contributed by atoms with Crippen molar-refractivity contribution in [3.63, 3.8) is 0 Å². The van der Waals surface area contributed by atoms with Gasteiger partial charge in [-0.05, 0) is 62.4 Å². The fourth-order valence-corrected chi connectivity index (χ4v) is 4.49. The second-order valence-corrected chi connectivity index (χ2v) is 7.71. The van der Waals surface area contributed by atoms with Crippen LogP contribution in [0.3, 0.4) is 0 Å². The van der Waals surface area contributed by atoms with Crippen molar-refractivity contribution in [3.8, 4) is 44.0 Å². The molecule has 0 aliphatic heterocycles. The van der Waals surface area contributed by atoms with Crippen molar-refractivity contribution in [2.45, 2.75) is 13.8 Å². The monoisotopic (exact) mass is 408 g/mol. The third-order valence-corrected chi connectivity index (χ3v) is 5.94. The van der Waals surface area contributed by atoms with Crippen LogP contribution in [0.5, 0.6) is 11.5 Å². The minimum Gasteiger partial charge on any atom is -0.494 e. The van der Waals surface area contributed by atoms with Crippen LogP contribution in [0, 0.1) is 0 Å². The van der Waals surface area contributed by atoms with Gasteiger partial charge in [0.1, 0.15) is 11.5 Å². The fraction of sp³-hybridized carbons (Fsp3) is 0.182. The van der Waals surface area contributed by atoms with Crippen LogP contribution in [0.25, 0.3) is 32.5 Å². The number of rotatable bonds is 7. The summed E-state index contributed by atoms with van der Waals surface area (Å²) in [6.45, 7) is 5.30. The molecule has 0 bridgehead atoms. The molecule has 2 aromatic heterocycles. The van der Waals surface area contributed by atoms with Crippen molar-refractivity contribution < 1.29 is 9.47 Å². The molecule has 0 unspecified atom stereocenters. The maximum Gasteiger partial charge on any atom is 0.152 e. The lowest BCUT2D eigenvalue weighted by Gasteiger charge is -2.03. The number of hydrogen-bond acceptors (Lipinski definition) is 6. The number of hydrogen-bond donors (Lipinski definition) is 0. The van der Waals surface area contributed by atoms with Crippen LogP contribution < -0.4 is 9.47 Å². The van der Waals surface area contributed by atoms with Gasteiger partial charge in [0.2, 0.25) is 0 Å². The van der Waals surface area contributed by atoms with Crippen molar-refractivity contribution in [2.75, 3.05) is 13.2 Å². The summed E-state index contributed by atoms with van der Waals surface area (Å²) < 4.78 is 11.0. The van der Waals surface area contributed by atoms with Gasteiger partial charge in [-0.3, -0.25) is 0 Å². The molecule has 0 saturated heterocycles. The third kappa shape index (κ3) is 4.08. The summed E-state index contributed by atoms with van der Waals surface area (Å²) in [5, 5.41) is 6.02. The minimum atomic E-state index is 0.668. The Morgan fingerprint density at radius 3 is 1.39 bits per heavy atom. The van der Waals surface area contributed by atoms with E-state index in [-0.39, 0.29) is 0 Å². The lowest BCUT2D eigenvalue weighted by Crippen LogP contribution is -1.90. The second kappa shape index (κ2) is 8.54. The number of aromatic nitrogens is 2. The van der Waals surface area contributed by atoms with Gasteiger partial charge in [0, 0.05) is 21.9 Å². The van der Waals surface area contributed by atoms with Crippen molar-refractivity contribution in [1.29, 1.82) is 0 Å². The molecule has 0 fully saturated rings. The highest BCUT2D eigenvalue weighted by molar-refractivity contribution is 7.20. The van der Waals surface area contributed by atoms with E-state index in [1.54, 1.807) is 22.7 Å². The van der Waals surface area contributed by atoms with Crippen molar-refractivity contribution in [2.24, 2.45) is 0 Å². The molecule has 0 radical (unpaired) electrons. The van der Waals surface area contributed by atoms with Crippen LogP contribution >= 0.6 is 22.7 Å². The second-order valence-electron chi connectivity index (χ2n) is 5.99. The SMILES string of the molecule is CCOc1ccc(-c2csc(-c3nc(-c4ccc(OCC)cc4)cs3)n2)cc1. The maximum absolute atomic E-state index is 5.50. The molecule has 0 spiro atoms. The van der Waals surface area contributed by atoms with E-state index in [2.05, 4.69) is 10.8 Å². The summed E-state index contributed by atoms with van der Waals surface area (Å²) in [5.74, 6) is 1.75. The van der Waals surface area contributed by atoms with E-state index in [1.165, 1.54) is 0 Å². The molecule has 2 heterocycles. The average molecular weight is 409 g/mol. The average Bonchev–Trinajstić information content (AvgIpc) is 3.40. The Morgan fingerprint density at radius 2 is 1.04 bits per heavy atom. The maximum atomic E-state index is 5.50. The molecule has 0 atom stereocenters. The lowest BCUT2D eigenvalue weighted by atomic mass is 10.2. The zero-order valence-corrected chi connectivity index (χ0v) is 17.3. The van der Waals surface area contributed by atoms with Gasteiger partial charge in [0.15, 0.2) is 10.0 Å². The number of nitrogens with zero attached hydrogens (tertiary/aromatic N) is 2. The molecule has 4 nitrogen and oxygen atoms in total. The van der Waals surface area contributed by atoms with Crippen molar-refractivity contribution in [1.82, 2.24) is 9.97 Å². The molecule has 4 aromatic rings. The highest BCUT2D eigenvalue weighted by atomic mass is 32.1. The molecule has 6 heteroatoms. The molecule has 2 aromatic carbocycles. The predicted octanol–water partition coefficient (Wildman–Crippen LogP) is 6.40. The topological polar surface area (TPSA) is 44.2 Å². The zero-order chi connectivity index (χ0) is 19.3. The molecule has 0 amide bonds. The summed E-state index contributed by atoms with van der Waals surface area (Å²) in [6.07, 6.45) is 0. The van der Waals surface area contributed by atoms with E-state index >= 15 is 0 Å². The van der Waals surface area contributed by atoms with Crippen LogP contribution in [0.4, 0.5) is 0 Å². The van der Waals surface area contributed by atoms with Gasteiger partial charge in [-0.15, -0.1) is 22.7 Å². The van der Waals surface area contributed by atoms with Crippen LogP contribution in [0.2, 0.25) is 0 Å². The molecule has 4 rings (SSSR count). The molecule has 0 saturated carbocycles. The van der Waals surface area contributed by atoms with Gasteiger partial charge in [0.25, 0.3) is 0 Å². The van der Waals surface area contributed by atoms with Gasteiger partial charge in [-0.2, -0.15) is 0 Å². The summed E-state index contributed by atoms with van der Waals surface area (Å²) in [4.78, 5) is 9.55. The van der Waals surface area contributed by atoms with Gasteiger partial charge >= 0.3 is 0 Å². The van der Waals surface area contributed by atoms with E-state index in [1.807, 2.05) is 62.4 Å². The first-order valence-corrected chi connectivity index (χ1v) is 10.9. The fourth-order valence-electron chi connectivity index (χ4n) is 2.79. The predicted molar refractivity (Wildman–Crippen MR) is 116 cm³/mol. The van der Waals surface area contributed by atoms with Crippen LogP contribution in [-0.2, 0) is 0 Å². The largest absolute Gasteiger partial charge is 0.494 e. The molecule has 142 valence electrons. The van der Waals surface area contributed by atoms with Crippen LogP contribution in [0.1, 0.15) is 13.8 Å². The van der Waals surface area contributed by atoms with E-state index < -0.39 is 0 Å². The molecular weight excluding hydrogens is 388 g/mol. The van der Waals surface area contributed by atoms with Gasteiger partial charge in [-0.1, -0.05) is 0 Å². The summed E-state index contributed by atoms with van der Waals surface area (Å²) >= 11 is 3.23. The Hall–Kier alpha value is -2.70. The first-order valence-electron chi connectivity index (χ1n) is 9.14. The smallest absolute Gasteiger partial charge is 0.152 e. The third-order valence-electron chi connectivity index (χ3n) is 4.11.